The molecule has 0 fully saturated rings. The molecular weight excluding hydrogens is 118 g/mol. The van der Waals surface area contributed by atoms with Crippen LogP contribution < -0.4 is 5.32 Å². The van der Waals surface area contributed by atoms with E-state index in [4.69, 9.17) is 0 Å². The minimum atomic E-state index is -0.315. The lowest BCUT2D eigenvalue weighted by Crippen LogP contribution is -2.05. The first kappa shape index (κ1) is 8.17. The third-order valence-electron chi connectivity index (χ3n) is 0.777. The molecule has 52 valence electrons. The molecule has 0 saturated carbocycles. The molecule has 0 radical (unpaired) electrons. The van der Waals surface area contributed by atoms with Crippen molar-refractivity contribution in [1.82, 2.24) is 5.32 Å². The molecule has 0 unspecified atom stereocenters. The van der Waals surface area contributed by atoms with Crippen LogP contribution in [0.15, 0.2) is 12.2 Å². The molecule has 0 rings (SSSR count). The van der Waals surface area contributed by atoms with Crippen LogP contribution in [0.2, 0.25) is 0 Å². The highest BCUT2D eigenvalue weighted by Gasteiger charge is 1.86. The van der Waals surface area contributed by atoms with Gasteiger partial charge in [0.25, 0.3) is 0 Å². The van der Waals surface area contributed by atoms with Crippen molar-refractivity contribution in [2.24, 2.45) is 0 Å². The number of likely N-dealkylation sites (N-methyl/N-ethyl adjacent to an activating group) is 1. The Morgan fingerprint density at radius 1 is 1.78 bits per heavy atom. The zero-order valence-electron chi connectivity index (χ0n) is 5.68. The SMILES string of the molecule is CNCC=CC(=O)OC. The predicted octanol–water partition coefficient (Wildman–Crippen LogP) is -0.0650. The van der Waals surface area contributed by atoms with Crippen molar-refractivity contribution in [3.05, 3.63) is 12.2 Å². The maximum absolute atomic E-state index is 10.3. The third-order valence-corrected chi connectivity index (χ3v) is 0.777. The summed E-state index contributed by atoms with van der Waals surface area (Å²) in [4.78, 5) is 10.3. The van der Waals surface area contributed by atoms with Gasteiger partial charge in [-0.1, -0.05) is 6.08 Å². The van der Waals surface area contributed by atoms with Gasteiger partial charge in [-0.3, -0.25) is 0 Å². The normalized spacial score (nSPS) is 10.0. The first-order valence-corrected chi connectivity index (χ1v) is 2.70. The van der Waals surface area contributed by atoms with Gasteiger partial charge in [-0.25, -0.2) is 4.79 Å². The Bertz CT molecular complexity index is 110. The summed E-state index contributed by atoms with van der Waals surface area (Å²) in [5.41, 5.74) is 0. The number of esters is 1. The van der Waals surface area contributed by atoms with E-state index in [1.54, 1.807) is 6.08 Å². The maximum atomic E-state index is 10.3. The molecular formula is C6H11NO2. The lowest BCUT2D eigenvalue weighted by molar-refractivity contribution is -0.134. The minimum Gasteiger partial charge on any atom is -0.466 e. The number of hydrogen-bond acceptors (Lipinski definition) is 3. The molecule has 3 nitrogen and oxygen atoms in total. The fourth-order valence-corrected chi connectivity index (χ4v) is 0.341. The van der Waals surface area contributed by atoms with Crippen molar-refractivity contribution < 1.29 is 9.53 Å². The summed E-state index contributed by atoms with van der Waals surface area (Å²) in [6.45, 7) is 0.690. The van der Waals surface area contributed by atoms with E-state index in [1.807, 2.05) is 7.05 Å². The Morgan fingerprint density at radius 3 is 2.89 bits per heavy atom. The smallest absolute Gasteiger partial charge is 0.330 e. The summed E-state index contributed by atoms with van der Waals surface area (Å²) in [5.74, 6) is -0.315. The lowest BCUT2D eigenvalue weighted by atomic mass is 10.5. The van der Waals surface area contributed by atoms with Crippen LogP contribution in [0.1, 0.15) is 0 Å². The first-order chi connectivity index (χ1) is 4.31. The Kier molecular flexibility index (Phi) is 4.82. The third kappa shape index (κ3) is 5.03. The second-order valence-corrected chi connectivity index (χ2v) is 1.48. The highest BCUT2D eigenvalue weighted by molar-refractivity contribution is 5.81. The Labute approximate surface area is 54.7 Å². The summed E-state index contributed by atoms with van der Waals surface area (Å²) in [6, 6.07) is 0. The first-order valence-electron chi connectivity index (χ1n) is 2.70. The van der Waals surface area contributed by atoms with E-state index in [2.05, 4.69) is 10.1 Å². The number of carbonyl (C=O) groups excluding carboxylic acids is 1. The van der Waals surface area contributed by atoms with Gasteiger partial charge in [-0.2, -0.15) is 0 Å². The van der Waals surface area contributed by atoms with Gasteiger partial charge >= 0.3 is 5.97 Å². The van der Waals surface area contributed by atoms with Crippen molar-refractivity contribution in [3.63, 3.8) is 0 Å². The van der Waals surface area contributed by atoms with Crippen LogP contribution in [0.3, 0.4) is 0 Å². The molecule has 0 aliphatic carbocycles. The molecule has 0 atom stereocenters. The molecule has 0 aromatic carbocycles. The predicted molar refractivity (Wildman–Crippen MR) is 35.1 cm³/mol. The van der Waals surface area contributed by atoms with Gasteiger partial charge in [0.1, 0.15) is 0 Å². The van der Waals surface area contributed by atoms with Gasteiger partial charge in [0, 0.05) is 12.6 Å². The fourth-order valence-electron chi connectivity index (χ4n) is 0.341. The van der Waals surface area contributed by atoms with Crippen molar-refractivity contribution in [3.8, 4) is 0 Å². The quantitative estimate of drug-likeness (QED) is 0.428. The van der Waals surface area contributed by atoms with Crippen molar-refractivity contribution in [2.75, 3.05) is 20.7 Å². The molecule has 0 spiro atoms. The van der Waals surface area contributed by atoms with Gasteiger partial charge in [0.15, 0.2) is 0 Å². The monoisotopic (exact) mass is 129 g/mol. The van der Waals surface area contributed by atoms with Gasteiger partial charge in [-0.05, 0) is 7.05 Å². The van der Waals surface area contributed by atoms with Crippen molar-refractivity contribution in [1.29, 1.82) is 0 Å². The number of carbonyl (C=O) groups is 1. The minimum absolute atomic E-state index is 0.315. The van der Waals surface area contributed by atoms with E-state index in [0.29, 0.717) is 6.54 Å². The van der Waals surface area contributed by atoms with Gasteiger partial charge in [-0.15, -0.1) is 0 Å². The summed E-state index contributed by atoms with van der Waals surface area (Å²) in [6.07, 6.45) is 3.09. The largest absolute Gasteiger partial charge is 0.466 e. The zero-order chi connectivity index (χ0) is 7.11. The molecule has 3 heteroatoms. The molecule has 0 aliphatic heterocycles. The van der Waals surface area contributed by atoms with E-state index in [9.17, 15) is 4.79 Å². The molecule has 0 aliphatic rings. The van der Waals surface area contributed by atoms with E-state index < -0.39 is 0 Å². The molecule has 0 heterocycles. The molecule has 0 aromatic heterocycles. The van der Waals surface area contributed by atoms with Gasteiger partial charge in [0.2, 0.25) is 0 Å². The number of hydrogen-bond donors (Lipinski definition) is 1. The van der Waals surface area contributed by atoms with Crippen LogP contribution in [-0.2, 0) is 9.53 Å². The van der Waals surface area contributed by atoms with Crippen molar-refractivity contribution >= 4 is 5.97 Å². The second kappa shape index (κ2) is 5.31. The molecule has 0 amide bonds. The summed E-state index contributed by atoms with van der Waals surface area (Å²) < 4.78 is 4.34. The maximum Gasteiger partial charge on any atom is 0.330 e. The second-order valence-electron chi connectivity index (χ2n) is 1.48. The molecule has 0 aromatic rings. The van der Waals surface area contributed by atoms with Crippen LogP contribution >= 0.6 is 0 Å². The Hall–Kier alpha value is -0.830. The van der Waals surface area contributed by atoms with E-state index >= 15 is 0 Å². The fraction of sp³-hybridized carbons (Fsp3) is 0.500. The zero-order valence-corrected chi connectivity index (χ0v) is 5.68. The van der Waals surface area contributed by atoms with Crippen molar-refractivity contribution in [2.45, 2.75) is 0 Å². The highest BCUT2D eigenvalue weighted by atomic mass is 16.5. The Balaban J connectivity index is 3.32. The van der Waals surface area contributed by atoms with Crippen LogP contribution in [-0.4, -0.2) is 26.7 Å². The Morgan fingerprint density at radius 2 is 2.44 bits per heavy atom. The highest BCUT2D eigenvalue weighted by Crippen LogP contribution is 1.74. The average molecular weight is 129 g/mol. The van der Waals surface area contributed by atoms with E-state index in [-0.39, 0.29) is 5.97 Å². The van der Waals surface area contributed by atoms with Crippen LogP contribution in [0.4, 0.5) is 0 Å². The average Bonchev–Trinajstić information content (AvgIpc) is 1.89. The summed E-state index contributed by atoms with van der Waals surface area (Å²) in [7, 11) is 3.16. The van der Waals surface area contributed by atoms with Gasteiger partial charge < -0.3 is 10.1 Å². The molecule has 0 saturated heterocycles. The van der Waals surface area contributed by atoms with E-state index in [1.165, 1.54) is 13.2 Å². The van der Waals surface area contributed by atoms with Crippen LogP contribution in [0.5, 0.6) is 0 Å². The molecule has 1 N–H and O–H groups in total. The number of rotatable bonds is 3. The standard InChI is InChI=1S/C6H11NO2/c1-7-5-3-4-6(8)9-2/h3-4,7H,5H2,1-2H3. The van der Waals surface area contributed by atoms with E-state index in [0.717, 1.165) is 0 Å². The van der Waals surface area contributed by atoms with Crippen LogP contribution in [0, 0.1) is 0 Å². The van der Waals surface area contributed by atoms with Crippen LogP contribution in [0.25, 0.3) is 0 Å². The summed E-state index contributed by atoms with van der Waals surface area (Å²) in [5, 5.41) is 2.85. The topological polar surface area (TPSA) is 38.3 Å². The lowest BCUT2D eigenvalue weighted by Gasteiger charge is -1.88. The molecule has 0 bridgehead atoms. The number of ether oxygens (including phenoxy) is 1. The summed E-state index contributed by atoms with van der Waals surface area (Å²) >= 11 is 0. The number of methoxy groups -OCH3 is 1. The number of nitrogens with one attached hydrogen (secondary N) is 1. The van der Waals surface area contributed by atoms with Gasteiger partial charge in [0.05, 0.1) is 7.11 Å². The molecule has 9 heavy (non-hydrogen) atoms.